The van der Waals surface area contributed by atoms with Crippen LogP contribution in [0, 0.1) is 5.82 Å². The maximum Gasteiger partial charge on any atom is 0.433 e. The molecule has 2 aromatic rings. The van der Waals surface area contributed by atoms with Gasteiger partial charge in [0.15, 0.2) is 0 Å². The summed E-state index contributed by atoms with van der Waals surface area (Å²) in [6, 6.07) is 4.37. The fourth-order valence-corrected chi connectivity index (χ4v) is 1.46. The fourth-order valence-electron chi connectivity index (χ4n) is 1.28. The Hall–Kier alpha value is -1.89. The summed E-state index contributed by atoms with van der Waals surface area (Å²) in [7, 11) is 0. The molecule has 0 fully saturated rings. The summed E-state index contributed by atoms with van der Waals surface area (Å²) < 4.78 is 50.2. The smallest absolute Gasteiger partial charge is 0.324 e. The lowest BCUT2D eigenvalue weighted by molar-refractivity contribution is -0.141. The fraction of sp³-hybridized carbons (Fsp3) is 0.0909. The van der Waals surface area contributed by atoms with Crippen LogP contribution >= 0.6 is 11.6 Å². The summed E-state index contributed by atoms with van der Waals surface area (Å²) in [5.74, 6) is -0.880. The molecule has 0 spiro atoms. The number of rotatable bonds is 2. The first-order valence-corrected chi connectivity index (χ1v) is 5.36. The molecule has 0 unspecified atom stereocenters. The quantitative estimate of drug-likeness (QED) is 0.849. The molecule has 0 aliphatic rings. The highest BCUT2D eigenvalue weighted by Crippen LogP contribution is 2.28. The average Bonchev–Trinajstić information content (AvgIpc) is 2.33. The molecule has 1 aromatic carbocycles. The minimum atomic E-state index is -4.56. The predicted octanol–water partition coefficient (Wildman–Crippen LogP) is 4.03. The molecule has 0 aliphatic heterocycles. The number of nitrogens with zero attached hydrogens (tertiary/aromatic N) is 2. The van der Waals surface area contributed by atoms with Crippen LogP contribution in [0.15, 0.2) is 30.5 Å². The van der Waals surface area contributed by atoms with E-state index in [9.17, 15) is 17.6 Å². The van der Waals surface area contributed by atoms with Gasteiger partial charge in [-0.25, -0.2) is 14.4 Å². The van der Waals surface area contributed by atoms with Crippen molar-refractivity contribution in [1.29, 1.82) is 0 Å². The van der Waals surface area contributed by atoms with E-state index < -0.39 is 17.7 Å². The second kappa shape index (κ2) is 5.00. The molecule has 0 radical (unpaired) electrons. The van der Waals surface area contributed by atoms with Crippen molar-refractivity contribution in [3.05, 3.63) is 47.0 Å². The Morgan fingerprint density at radius 2 is 1.89 bits per heavy atom. The van der Waals surface area contributed by atoms with Gasteiger partial charge in [-0.15, -0.1) is 0 Å². The van der Waals surface area contributed by atoms with Gasteiger partial charge < -0.3 is 5.32 Å². The largest absolute Gasteiger partial charge is 0.433 e. The third kappa shape index (κ3) is 3.31. The molecule has 100 valence electrons. The topological polar surface area (TPSA) is 37.8 Å². The Bertz CT molecular complexity index is 601. The number of alkyl halides is 3. The summed E-state index contributed by atoms with van der Waals surface area (Å²) in [6.07, 6.45) is -3.58. The van der Waals surface area contributed by atoms with Crippen molar-refractivity contribution in [2.24, 2.45) is 0 Å². The minimum Gasteiger partial charge on any atom is -0.324 e. The van der Waals surface area contributed by atoms with Crippen LogP contribution in [0.1, 0.15) is 5.69 Å². The highest BCUT2D eigenvalue weighted by Gasteiger charge is 2.32. The number of hydrogen-bond donors (Lipinski definition) is 1. The van der Waals surface area contributed by atoms with E-state index in [4.69, 9.17) is 11.6 Å². The van der Waals surface area contributed by atoms with E-state index >= 15 is 0 Å². The van der Waals surface area contributed by atoms with Gasteiger partial charge in [-0.1, -0.05) is 11.6 Å². The predicted molar refractivity (Wildman–Crippen MR) is 61.7 cm³/mol. The van der Waals surface area contributed by atoms with Crippen LogP contribution in [0.5, 0.6) is 0 Å². The Labute approximate surface area is 110 Å². The van der Waals surface area contributed by atoms with Crippen molar-refractivity contribution < 1.29 is 17.6 Å². The molecule has 3 nitrogen and oxygen atoms in total. The highest BCUT2D eigenvalue weighted by molar-refractivity contribution is 6.31. The zero-order valence-electron chi connectivity index (χ0n) is 9.17. The number of aromatic nitrogens is 2. The SMILES string of the molecule is Fc1ccc(Nc2nccc(C(F)(F)F)n2)cc1Cl. The van der Waals surface area contributed by atoms with E-state index in [1.807, 2.05) is 0 Å². The lowest BCUT2D eigenvalue weighted by Gasteiger charge is -2.08. The monoisotopic (exact) mass is 291 g/mol. The highest BCUT2D eigenvalue weighted by atomic mass is 35.5. The summed E-state index contributed by atoms with van der Waals surface area (Å²) in [5.41, 5.74) is -0.788. The Morgan fingerprint density at radius 3 is 2.53 bits per heavy atom. The summed E-state index contributed by atoms with van der Waals surface area (Å²) in [4.78, 5) is 6.95. The molecule has 8 heteroatoms. The van der Waals surface area contributed by atoms with E-state index in [-0.39, 0.29) is 16.7 Å². The van der Waals surface area contributed by atoms with Crippen LogP contribution in [0.25, 0.3) is 0 Å². The van der Waals surface area contributed by atoms with E-state index in [0.717, 1.165) is 18.3 Å². The maximum absolute atomic E-state index is 12.9. The van der Waals surface area contributed by atoms with Crippen molar-refractivity contribution in [2.45, 2.75) is 6.18 Å². The third-order valence-electron chi connectivity index (χ3n) is 2.12. The number of benzene rings is 1. The molecule has 1 heterocycles. The first-order chi connectivity index (χ1) is 8.86. The second-order valence-electron chi connectivity index (χ2n) is 3.52. The molecule has 0 aliphatic carbocycles. The Balaban J connectivity index is 2.26. The number of nitrogens with one attached hydrogen (secondary N) is 1. The first-order valence-electron chi connectivity index (χ1n) is 4.98. The van der Waals surface area contributed by atoms with Gasteiger partial charge in [0.05, 0.1) is 5.02 Å². The molecule has 0 amide bonds. The first kappa shape index (κ1) is 13.5. The molecule has 0 atom stereocenters. The van der Waals surface area contributed by atoms with Crippen LogP contribution in [0.2, 0.25) is 5.02 Å². The lowest BCUT2D eigenvalue weighted by Crippen LogP contribution is -2.10. The molecular formula is C11H6ClF4N3. The van der Waals surface area contributed by atoms with Gasteiger partial charge in [-0.05, 0) is 24.3 Å². The summed E-state index contributed by atoms with van der Waals surface area (Å²) >= 11 is 5.55. The summed E-state index contributed by atoms with van der Waals surface area (Å²) in [5, 5.41) is 2.36. The molecule has 2 rings (SSSR count). The van der Waals surface area contributed by atoms with E-state index in [1.54, 1.807) is 0 Å². The second-order valence-corrected chi connectivity index (χ2v) is 3.92. The molecule has 19 heavy (non-hydrogen) atoms. The van der Waals surface area contributed by atoms with Crippen LogP contribution < -0.4 is 5.32 Å². The zero-order valence-corrected chi connectivity index (χ0v) is 9.93. The Kier molecular flexibility index (Phi) is 3.57. The van der Waals surface area contributed by atoms with Crippen molar-refractivity contribution in [3.8, 4) is 0 Å². The van der Waals surface area contributed by atoms with Gasteiger partial charge in [0.1, 0.15) is 11.5 Å². The van der Waals surface area contributed by atoms with Gasteiger partial charge in [0.2, 0.25) is 5.95 Å². The van der Waals surface area contributed by atoms with E-state index in [1.165, 1.54) is 12.1 Å². The van der Waals surface area contributed by atoms with Crippen LogP contribution in [-0.4, -0.2) is 9.97 Å². The normalized spacial score (nSPS) is 11.4. The number of hydrogen-bond acceptors (Lipinski definition) is 3. The average molecular weight is 292 g/mol. The maximum atomic E-state index is 12.9. The lowest BCUT2D eigenvalue weighted by atomic mass is 10.3. The third-order valence-corrected chi connectivity index (χ3v) is 2.41. The van der Waals surface area contributed by atoms with Crippen LogP contribution in [0.4, 0.5) is 29.2 Å². The minimum absolute atomic E-state index is 0.156. The summed E-state index contributed by atoms with van der Waals surface area (Å²) in [6.45, 7) is 0. The van der Waals surface area contributed by atoms with Crippen LogP contribution in [-0.2, 0) is 6.18 Å². The van der Waals surface area contributed by atoms with E-state index in [2.05, 4.69) is 15.3 Å². The number of anilines is 2. The van der Waals surface area contributed by atoms with Gasteiger partial charge >= 0.3 is 6.18 Å². The van der Waals surface area contributed by atoms with Crippen molar-refractivity contribution in [1.82, 2.24) is 9.97 Å². The Morgan fingerprint density at radius 1 is 1.16 bits per heavy atom. The molecule has 0 bridgehead atoms. The standard InChI is InChI=1S/C11H6ClF4N3/c12-7-5-6(1-2-8(7)13)18-10-17-4-3-9(19-10)11(14,15)16/h1-5H,(H,17,18,19). The molecule has 0 saturated carbocycles. The van der Waals surface area contributed by atoms with Crippen molar-refractivity contribution in [3.63, 3.8) is 0 Å². The molecule has 1 aromatic heterocycles. The molecule has 0 saturated heterocycles. The van der Waals surface area contributed by atoms with E-state index in [0.29, 0.717) is 0 Å². The van der Waals surface area contributed by atoms with Gasteiger partial charge in [0.25, 0.3) is 0 Å². The van der Waals surface area contributed by atoms with Crippen LogP contribution in [0.3, 0.4) is 0 Å². The van der Waals surface area contributed by atoms with Crippen molar-refractivity contribution in [2.75, 3.05) is 5.32 Å². The molecular weight excluding hydrogens is 286 g/mol. The van der Waals surface area contributed by atoms with Crippen molar-refractivity contribution >= 4 is 23.2 Å². The van der Waals surface area contributed by atoms with Gasteiger partial charge in [0, 0.05) is 11.9 Å². The molecule has 1 N–H and O–H groups in total. The van der Waals surface area contributed by atoms with Gasteiger partial charge in [-0.3, -0.25) is 0 Å². The number of halogens is 5. The van der Waals surface area contributed by atoms with Gasteiger partial charge in [-0.2, -0.15) is 13.2 Å². The zero-order chi connectivity index (χ0) is 14.0.